The molecule has 33 heavy (non-hydrogen) atoms. The minimum absolute atomic E-state index is 0.433. The van der Waals surface area contributed by atoms with Crippen LogP contribution in [0.3, 0.4) is 0 Å². The molecule has 2 aromatic carbocycles. The van der Waals surface area contributed by atoms with Gasteiger partial charge in [0.1, 0.15) is 5.82 Å². The zero-order valence-electron chi connectivity index (χ0n) is 16.9. The summed E-state index contributed by atoms with van der Waals surface area (Å²) in [4.78, 5) is 21.2. The van der Waals surface area contributed by atoms with E-state index in [1.165, 1.54) is 0 Å². The standard InChI is InChI=1S/C24H15Cl3N6/c25-15-4-1-3-14(13-15)21-22(33-23(32-21)20-17(26)5-2-6-18(20)27)19-9-12-29-24(31-19)30-16-7-10-28-11-8-16/h1-13H,(H,32,33)(H,28,29,30,31). The van der Waals surface area contributed by atoms with Gasteiger partial charge in [-0.15, -0.1) is 0 Å². The van der Waals surface area contributed by atoms with Gasteiger partial charge in [0.2, 0.25) is 5.95 Å². The molecule has 2 N–H and O–H groups in total. The number of nitrogens with zero attached hydrogens (tertiary/aromatic N) is 4. The van der Waals surface area contributed by atoms with Crippen LogP contribution in [0.1, 0.15) is 0 Å². The van der Waals surface area contributed by atoms with E-state index in [9.17, 15) is 0 Å². The summed E-state index contributed by atoms with van der Waals surface area (Å²) in [5.74, 6) is 0.959. The third-order valence-corrected chi connectivity index (χ3v) is 5.71. The second kappa shape index (κ2) is 9.19. The molecule has 5 aromatic rings. The number of hydrogen-bond donors (Lipinski definition) is 2. The molecule has 0 aliphatic heterocycles. The monoisotopic (exact) mass is 492 g/mol. The highest BCUT2D eigenvalue weighted by atomic mass is 35.5. The summed E-state index contributed by atoms with van der Waals surface area (Å²) in [7, 11) is 0. The molecule has 0 saturated heterocycles. The molecule has 0 bridgehead atoms. The van der Waals surface area contributed by atoms with Gasteiger partial charge in [-0.2, -0.15) is 0 Å². The Kier molecular flexibility index (Phi) is 5.96. The first-order valence-electron chi connectivity index (χ1n) is 9.89. The number of H-pyrrole nitrogens is 1. The largest absolute Gasteiger partial charge is 0.336 e. The maximum absolute atomic E-state index is 6.45. The number of nitrogens with one attached hydrogen (secondary N) is 2. The summed E-state index contributed by atoms with van der Waals surface area (Å²) in [5.41, 5.74) is 4.24. The fourth-order valence-corrected chi connectivity index (χ4v) is 4.13. The average molecular weight is 494 g/mol. The Morgan fingerprint density at radius 2 is 1.55 bits per heavy atom. The van der Waals surface area contributed by atoms with Crippen molar-refractivity contribution < 1.29 is 0 Å². The quantitative estimate of drug-likeness (QED) is 0.268. The van der Waals surface area contributed by atoms with Crippen molar-refractivity contribution in [2.24, 2.45) is 0 Å². The van der Waals surface area contributed by atoms with E-state index in [-0.39, 0.29) is 0 Å². The van der Waals surface area contributed by atoms with Crippen molar-refractivity contribution in [1.29, 1.82) is 0 Å². The average Bonchev–Trinajstić information content (AvgIpc) is 3.25. The fourth-order valence-electron chi connectivity index (χ4n) is 3.37. The van der Waals surface area contributed by atoms with E-state index in [2.05, 4.69) is 25.3 Å². The highest BCUT2D eigenvalue weighted by Crippen LogP contribution is 2.38. The summed E-state index contributed by atoms with van der Waals surface area (Å²) in [6.07, 6.45) is 5.06. The smallest absolute Gasteiger partial charge is 0.227 e. The van der Waals surface area contributed by atoms with E-state index >= 15 is 0 Å². The molecule has 3 heterocycles. The van der Waals surface area contributed by atoms with Gasteiger partial charge in [-0.3, -0.25) is 4.98 Å². The molecule has 0 spiro atoms. The lowest BCUT2D eigenvalue weighted by Crippen LogP contribution is -1.98. The Morgan fingerprint density at radius 3 is 2.30 bits per heavy atom. The van der Waals surface area contributed by atoms with E-state index in [1.54, 1.807) is 42.9 Å². The maximum Gasteiger partial charge on any atom is 0.227 e. The van der Waals surface area contributed by atoms with Gasteiger partial charge in [0.05, 0.1) is 32.7 Å². The zero-order chi connectivity index (χ0) is 22.8. The van der Waals surface area contributed by atoms with Gasteiger partial charge in [0.25, 0.3) is 0 Å². The molecule has 5 rings (SSSR count). The van der Waals surface area contributed by atoms with Crippen LogP contribution in [-0.2, 0) is 0 Å². The van der Waals surface area contributed by atoms with Gasteiger partial charge >= 0.3 is 0 Å². The lowest BCUT2D eigenvalue weighted by Gasteiger charge is -2.07. The predicted molar refractivity (Wildman–Crippen MR) is 133 cm³/mol. The Hall–Kier alpha value is -3.45. The van der Waals surface area contributed by atoms with Crippen molar-refractivity contribution in [1.82, 2.24) is 24.9 Å². The number of imidazole rings is 1. The van der Waals surface area contributed by atoms with Crippen molar-refractivity contribution >= 4 is 46.4 Å². The topological polar surface area (TPSA) is 79.4 Å². The number of halogens is 3. The van der Waals surface area contributed by atoms with E-state index < -0.39 is 0 Å². The fraction of sp³-hybridized carbons (Fsp3) is 0. The lowest BCUT2D eigenvalue weighted by molar-refractivity contribution is 1.16. The third kappa shape index (κ3) is 4.54. The molecular weight excluding hydrogens is 479 g/mol. The van der Waals surface area contributed by atoms with Crippen LogP contribution in [-0.4, -0.2) is 24.9 Å². The number of benzene rings is 2. The molecule has 0 fully saturated rings. The summed E-state index contributed by atoms with van der Waals surface area (Å²) >= 11 is 19.2. The predicted octanol–water partition coefficient (Wildman–Crippen LogP) is 7.30. The van der Waals surface area contributed by atoms with Gasteiger partial charge in [-0.05, 0) is 42.5 Å². The van der Waals surface area contributed by atoms with Crippen molar-refractivity contribution in [2.45, 2.75) is 0 Å². The number of anilines is 2. The normalized spacial score (nSPS) is 10.9. The highest BCUT2D eigenvalue weighted by molar-refractivity contribution is 6.39. The Balaban J connectivity index is 1.65. The van der Waals surface area contributed by atoms with Crippen LogP contribution in [0.15, 0.2) is 79.3 Å². The van der Waals surface area contributed by atoms with Crippen molar-refractivity contribution in [2.75, 3.05) is 5.32 Å². The molecule has 3 aromatic heterocycles. The third-order valence-electron chi connectivity index (χ3n) is 4.85. The van der Waals surface area contributed by atoms with Gasteiger partial charge in [-0.1, -0.05) is 53.0 Å². The molecule has 0 aliphatic rings. The highest BCUT2D eigenvalue weighted by Gasteiger charge is 2.20. The summed E-state index contributed by atoms with van der Waals surface area (Å²) < 4.78 is 0. The zero-order valence-corrected chi connectivity index (χ0v) is 19.2. The van der Waals surface area contributed by atoms with Gasteiger partial charge in [-0.25, -0.2) is 15.0 Å². The van der Waals surface area contributed by atoms with E-state index in [0.29, 0.717) is 49.5 Å². The molecule has 0 aliphatic carbocycles. The second-order valence-electron chi connectivity index (χ2n) is 7.04. The van der Waals surface area contributed by atoms with Gasteiger partial charge in [0, 0.05) is 34.9 Å². The Morgan fingerprint density at radius 1 is 0.788 bits per heavy atom. The maximum atomic E-state index is 6.45. The van der Waals surface area contributed by atoms with Gasteiger partial charge in [0.15, 0.2) is 0 Å². The first-order chi connectivity index (χ1) is 16.1. The molecule has 162 valence electrons. The van der Waals surface area contributed by atoms with Crippen molar-refractivity contribution in [3.63, 3.8) is 0 Å². The molecule has 0 radical (unpaired) electrons. The minimum atomic E-state index is 0.433. The van der Waals surface area contributed by atoms with E-state index in [0.717, 1.165) is 11.3 Å². The molecule has 0 saturated carbocycles. The van der Waals surface area contributed by atoms with Crippen LogP contribution in [0.25, 0.3) is 34.0 Å². The molecule has 9 heteroatoms. The van der Waals surface area contributed by atoms with Crippen LogP contribution in [0, 0.1) is 0 Å². The second-order valence-corrected chi connectivity index (χ2v) is 8.29. The summed E-state index contributed by atoms with van der Waals surface area (Å²) in [5, 5.41) is 4.76. The minimum Gasteiger partial charge on any atom is -0.336 e. The number of aromatic amines is 1. The summed E-state index contributed by atoms with van der Waals surface area (Å²) in [6.45, 7) is 0. The van der Waals surface area contributed by atoms with Crippen LogP contribution >= 0.6 is 34.8 Å². The lowest BCUT2D eigenvalue weighted by atomic mass is 10.1. The first kappa shape index (κ1) is 21.4. The van der Waals surface area contributed by atoms with Crippen molar-refractivity contribution in [3.8, 4) is 34.0 Å². The van der Waals surface area contributed by atoms with Gasteiger partial charge < -0.3 is 10.3 Å². The number of pyridine rings is 1. The SMILES string of the molecule is Clc1cccc(-c2nc(-c3c(Cl)cccc3Cl)[nH]c2-c2ccnc(Nc3ccncc3)n2)c1. The van der Waals surface area contributed by atoms with Crippen LogP contribution in [0.2, 0.25) is 15.1 Å². The molecule has 6 nitrogen and oxygen atoms in total. The molecule has 0 atom stereocenters. The Bertz CT molecular complexity index is 1420. The Labute approximate surface area is 204 Å². The molecule has 0 amide bonds. The number of rotatable bonds is 5. The number of aromatic nitrogens is 5. The van der Waals surface area contributed by atoms with Crippen LogP contribution < -0.4 is 5.32 Å². The van der Waals surface area contributed by atoms with E-state index in [4.69, 9.17) is 39.8 Å². The van der Waals surface area contributed by atoms with Crippen LogP contribution in [0.5, 0.6) is 0 Å². The number of hydrogen-bond acceptors (Lipinski definition) is 5. The first-order valence-corrected chi connectivity index (χ1v) is 11.0. The summed E-state index contributed by atoms with van der Waals surface area (Å²) in [6, 6.07) is 18.3. The van der Waals surface area contributed by atoms with E-state index in [1.807, 2.05) is 36.4 Å². The molecule has 0 unspecified atom stereocenters. The molecular formula is C24H15Cl3N6. The van der Waals surface area contributed by atoms with Crippen molar-refractivity contribution in [3.05, 3.63) is 94.3 Å². The van der Waals surface area contributed by atoms with Crippen LogP contribution in [0.4, 0.5) is 11.6 Å².